The van der Waals surface area contributed by atoms with Crippen LogP contribution in [0, 0.1) is 6.92 Å². The predicted molar refractivity (Wildman–Crippen MR) is 113 cm³/mol. The predicted octanol–water partition coefficient (Wildman–Crippen LogP) is 5.20. The molecule has 4 rings (SSSR count). The number of pyridine rings is 1. The molecule has 0 amide bonds. The number of hydrogen-bond donors (Lipinski definition) is 0. The number of aromatic nitrogens is 1. The maximum atomic E-state index is 2.50. The fourth-order valence-electron chi connectivity index (χ4n) is 4.38. The Balaban J connectivity index is 1.88. The van der Waals surface area contributed by atoms with E-state index in [2.05, 4.69) is 116 Å². The summed E-state index contributed by atoms with van der Waals surface area (Å²) in [6, 6.07) is 24.4. The molecule has 0 spiro atoms. The molecular formula is C24H28N3+. The van der Waals surface area contributed by atoms with Crippen molar-refractivity contribution in [1.29, 1.82) is 0 Å². The zero-order valence-electron chi connectivity index (χ0n) is 16.8. The Kier molecular flexibility index (Phi) is 4.39. The fraction of sp³-hybridized carbons (Fsp3) is 0.292. The Bertz CT molecular complexity index is 977. The molecule has 3 heteroatoms. The highest BCUT2D eigenvalue weighted by Gasteiger charge is 2.42. The first-order chi connectivity index (χ1) is 13.0. The van der Waals surface area contributed by atoms with Crippen molar-refractivity contribution >= 4 is 17.2 Å². The standard InChI is InChI=1S/C24H28N3/c1-17(2)26-19(4)27(23-14-9-8-13-22(23)26)24-16-10-15-21(25(24)5)20-12-7-6-11-18(20)3/h6-17,19H,1-5H3/q+1. The van der Waals surface area contributed by atoms with Gasteiger partial charge in [-0.1, -0.05) is 36.4 Å². The largest absolute Gasteiger partial charge is 0.327 e. The average molecular weight is 359 g/mol. The first-order valence-electron chi connectivity index (χ1n) is 9.72. The number of hydrogen-bond acceptors (Lipinski definition) is 2. The highest BCUT2D eigenvalue weighted by Crippen LogP contribution is 2.44. The summed E-state index contributed by atoms with van der Waals surface area (Å²) in [6.45, 7) is 9.00. The van der Waals surface area contributed by atoms with Crippen LogP contribution >= 0.6 is 0 Å². The number of benzene rings is 2. The SMILES string of the molecule is Cc1ccccc1-c1cccc(N2c3ccccc3N(C(C)C)C2C)[n+]1C. The van der Waals surface area contributed by atoms with Crippen molar-refractivity contribution in [1.82, 2.24) is 0 Å². The van der Waals surface area contributed by atoms with Gasteiger partial charge in [0.05, 0.1) is 12.7 Å². The maximum absolute atomic E-state index is 2.50. The minimum Gasteiger partial charge on any atom is -0.327 e. The first kappa shape index (κ1) is 17.6. The molecular weight excluding hydrogens is 330 g/mol. The molecule has 27 heavy (non-hydrogen) atoms. The van der Waals surface area contributed by atoms with Crippen LogP contribution in [-0.4, -0.2) is 12.2 Å². The van der Waals surface area contributed by atoms with Crippen LogP contribution in [0.2, 0.25) is 0 Å². The van der Waals surface area contributed by atoms with Crippen LogP contribution in [0.4, 0.5) is 17.2 Å². The monoisotopic (exact) mass is 358 g/mol. The Labute approximate surface area is 162 Å². The van der Waals surface area contributed by atoms with Crippen LogP contribution in [0.25, 0.3) is 11.3 Å². The van der Waals surface area contributed by atoms with Gasteiger partial charge in [-0.25, -0.2) is 9.47 Å². The molecule has 0 aliphatic carbocycles. The second-order valence-corrected chi connectivity index (χ2v) is 7.63. The zero-order chi connectivity index (χ0) is 19.1. The molecule has 0 bridgehead atoms. The summed E-state index contributed by atoms with van der Waals surface area (Å²) in [6.07, 6.45) is 0.265. The van der Waals surface area contributed by atoms with E-state index in [1.807, 2.05) is 0 Å². The molecule has 1 aliphatic rings. The van der Waals surface area contributed by atoms with E-state index < -0.39 is 0 Å². The zero-order valence-corrected chi connectivity index (χ0v) is 16.8. The van der Waals surface area contributed by atoms with E-state index in [0.29, 0.717) is 6.04 Å². The molecule has 1 aromatic heterocycles. The van der Waals surface area contributed by atoms with Crippen molar-refractivity contribution < 1.29 is 4.57 Å². The Morgan fingerprint density at radius 2 is 1.52 bits per heavy atom. The lowest BCUT2D eigenvalue weighted by Gasteiger charge is -2.29. The Morgan fingerprint density at radius 3 is 2.22 bits per heavy atom. The van der Waals surface area contributed by atoms with E-state index in [4.69, 9.17) is 0 Å². The van der Waals surface area contributed by atoms with Gasteiger partial charge in [0.1, 0.15) is 5.69 Å². The summed E-state index contributed by atoms with van der Waals surface area (Å²) < 4.78 is 2.32. The van der Waals surface area contributed by atoms with E-state index in [1.165, 1.54) is 34.0 Å². The van der Waals surface area contributed by atoms with Gasteiger partial charge in [-0.3, -0.25) is 0 Å². The fourth-order valence-corrected chi connectivity index (χ4v) is 4.38. The second-order valence-electron chi connectivity index (χ2n) is 7.63. The molecule has 1 aliphatic heterocycles. The van der Waals surface area contributed by atoms with Crippen LogP contribution in [0.3, 0.4) is 0 Å². The van der Waals surface area contributed by atoms with E-state index in [0.717, 1.165) is 0 Å². The van der Waals surface area contributed by atoms with Crippen LogP contribution in [0.1, 0.15) is 26.3 Å². The van der Waals surface area contributed by atoms with Crippen LogP contribution in [0.5, 0.6) is 0 Å². The summed E-state index contributed by atoms with van der Waals surface area (Å²) in [5.74, 6) is 1.21. The van der Waals surface area contributed by atoms with Gasteiger partial charge in [0, 0.05) is 17.7 Å². The molecule has 0 fully saturated rings. The third kappa shape index (κ3) is 2.78. The first-order valence-corrected chi connectivity index (χ1v) is 9.72. The summed E-state index contributed by atoms with van der Waals surface area (Å²) in [7, 11) is 2.17. The third-order valence-electron chi connectivity index (χ3n) is 5.62. The van der Waals surface area contributed by atoms with Crippen molar-refractivity contribution in [3.8, 4) is 11.3 Å². The average Bonchev–Trinajstić information content (AvgIpc) is 2.95. The topological polar surface area (TPSA) is 10.4 Å². The van der Waals surface area contributed by atoms with Crippen LogP contribution in [0.15, 0.2) is 66.7 Å². The molecule has 1 atom stereocenters. The number of aryl methyl sites for hydroxylation is 1. The molecule has 3 aromatic rings. The van der Waals surface area contributed by atoms with Gasteiger partial charge < -0.3 is 4.90 Å². The molecule has 0 N–H and O–H groups in total. The molecule has 2 aromatic carbocycles. The molecule has 3 nitrogen and oxygen atoms in total. The molecule has 1 unspecified atom stereocenters. The van der Waals surface area contributed by atoms with Crippen molar-refractivity contribution in [3.05, 3.63) is 72.3 Å². The summed E-state index contributed by atoms with van der Waals surface area (Å²) in [4.78, 5) is 4.95. The van der Waals surface area contributed by atoms with Gasteiger partial charge >= 0.3 is 0 Å². The third-order valence-corrected chi connectivity index (χ3v) is 5.62. The van der Waals surface area contributed by atoms with Gasteiger partial charge in [0.25, 0.3) is 5.82 Å². The number of anilines is 3. The number of nitrogens with zero attached hydrogens (tertiary/aromatic N) is 3. The lowest BCUT2D eigenvalue weighted by Crippen LogP contribution is -2.47. The molecule has 0 saturated carbocycles. The minimum atomic E-state index is 0.265. The van der Waals surface area contributed by atoms with Crippen molar-refractivity contribution in [2.24, 2.45) is 7.05 Å². The summed E-state index contributed by atoms with van der Waals surface area (Å²) >= 11 is 0. The lowest BCUT2D eigenvalue weighted by atomic mass is 10.0. The second kappa shape index (κ2) is 6.73. The van der Waals surface area contributed by atoms with Gasteiger partial charge in [-0.2, -0.15) is 0 Å². The van der Waals surface area contributed by atoms with Crippen molar-refractivity contribution in [3.63, 3.8) is 0 Å². The Hall–Kier alpha value is -2.81. The highest BCUT2D eigenvalue weighted by atomic mass is 15.4. The van der Waals surface area contributed by atoms with Gasteiger partial charge in [0.15, 0.2) is 11.9 Å². The van der Waals surface area contributed by atoms with E-state index in [9.17, 15) is 0 Å². The van der Waals surface area contributed by atoms with Crippen molar-refractivity contribution in [2.75, 3.05) is 9.80 Å². The van der Waals surface area contributed by atoms with Crippen LogP contribution < -0.4 is 14.4 Å². The number of para-hydroxylation sites is 2. The van der Waals surface area contributed by atoms with Gasteiger partial charge in [-0.15, -0.1) is 0 Å². The van der Waals surface area contributed by atoms with Gasteiger partial charge in [0.2, 0.25) is 0 Å². The normalized spacial score (nSPS) is 16.1. The van der Waals surface area contributed by atoms with Crippen LogP contribution in [-0.2, 0) is 7.05 Å². The lowest BCUT2D eigenvalue weighted by molar-refractivity contribution is -0.647. The smallest absolute Gasteiger partial charge is 0.283 e. The summed E-state index contributed by atoms with van der Waals surface area (Å²) in [5, 5.41) is 0. The highest BCUT2D eigenvalue weighted by molar-refractivity contribution is 5.82. The van der Waals surface area contributed by atoms with Gasteiger partial charge in [-0.05, 0) is 57.5 Å². The van der Waals surface area contributed by atoms with E-state index >= 15 is 0 Å². The molecule has 138 valence electrons. The molecule has 0 radical (unpaired) electrons. The Morgan fingerprint density at radius 1 is 0.852 bits per heavy atom. The molecule has 2 heterocycles. The maximum Gasteiger partial charge on any atom is 0.283 e. The number of rotatable bonds is 3. The number of fused-ring (bicyclic) bond motifs is 1. The summed E-state index contributed by atoms with van der Waals surface area (Å²) in [5.41, 5.74) is 6.39. The van der Waals surface area contributed by atoms with E-state index in [1.54, 1.807) is 0 Å². The van der Waals surface area contributed by atoms with E-state index in [-0.39, 0.29) is 6.17 Å². The quantitative estimate of drug-likeness (QED) is 0.596. The minimum absolute atomic E-state index is 0.265. The van der Waals surface area contributed by atoms with Crippen molar-refractivity contribution in [2.45, 2.75) is 39.9 Å². The molecule has 0 saturated heterocycles.